The van der Waals surface area contributed by atoms with Crippen molar-refractivity contribution in [1.29, 1.82) is 0 Å². The Morgan fingerprint density at radius 2 is 2.04 bits per heavy atom. The molecule has 1 aromatic heterocycles. The molecule has 0 aliphatic heterocycles. The summed E-state index contributed by atoms with van der Waals surface area (Å²) < 4.78 is 15.2. The fraction of sp³-hybridized carbons (Fsp3) is 0.842. The Balaban J connectivity index is 1.79. The van der Waals surface area contributed by atoms with Crippen molar-refractivity contribution in [2.45, 2.75) is 64.5 Å². The van der Waals surface area contributed by atoms with Crippen LogP contribution < -0.4 is 0 Å². The molecule has 5 heteroatoms. The van der Waals surface area contributed by atoms with E-state index in [4.69, 9.17) is 14.6 Å². The summed E-state index contributed by atoms with van der Waals surface area (Å²) in [5.74, 6) is 0.798. The zero-order valence-electron chi connectivity index (χ0n) is 15.3. The quantitative estimate of drug-likeness (QED) is 0.695. The summed E-state index contributed by atoms with van der Waals surface area (Å²) >= 11 is 3.66. The molecule has 0 amide bonds. The van der Waals surface area contributed by atoms with E-state index in [1.54, 1.807) is 7.11 Å². The maximum absolute atomic E-state index is 6.53. The third kappa shape index (κ3) is 2.34. The minimum Gasteiger partial charge on any atom is -0.382 e. The zero-order chi connectivity index (χ0) is 17.2. The molecule has 134 valence electrons. The fourth-order valence-corrected chi connectivity index (χ4v) is 7.16. The first-order valence-corrected chi connectivity index (χ1v) is 9.92. The first-order chi connectivity index (χ1) is 11.3. The molecule has 0 N–H and O–H groups in total. The second-order valence-electron chi connectivity index (χ2n) is 9.13. The summed E-state index contributed by atoms with van der Waals surface area (Å²) in [6.07, 6.45) is 8.49. The van der Waals surface area contributed by atoms with Crippen molar-refractivity contribution in [2.24, 2.45) is 16.7 Å². The predicted octanol–water partition coefficient (Wildman–Crippen LogP) is 4.30. The van der Waals surface area contributed by atoms with Gasteiger partial charge in [0.1, 0.15) is 0 Å². The van der Waals surface area contributed by atoms with Crippen LogP contribution in [-0.4, -0.2) is 36.2 Å². The van der Waals surface area contributed by atoms with E-state index in [0.717, 1.165) is 10.4 Å². The molecule has 0 radical (unpaired) electrons. The Kier molecular flexibility index (Phi) is 3.94. The van der Waals surface area contributed by atoms with E-state index in [1.165, 1.54) is 37.8 Å². The average Bonchev–Trinajstić information content (AvgIpc) is 2.80. The molecule has 5 rings (SSSR count). The molecule has 4 bridgehead atoms. The number of nitrogens with zero attached hydrogens (tertiary/aromatic N) is 2. The van der Waals surface area contributed by atoms with E-state index in [1.807, 2.05) is 6.20 Å². The van der Waals surface area contributed by atoms with Crippen LogP contribution in [0.5, 0.6) is 0 Å². The number of rotatable bonds is 5. The molecule has 24 heavy (non-hydrogen) atoms. The molecular weight excluding hydrogens is 368 g/mol. The highest BCUT2D eigenvalue weighted by molar-refractivity contribution is 9.10. The smallest absolute Gasteiger partial charge is 0.0904 e. The Morgan fingerprint density at radius 3 is 2.67 bits per heavy atom. The third-order valence-electron chi connectivity index (χ3n) is 6.81. The molecule has 4 aliphatic rings. The molecule has 0 aromatic carbocycles. The van der Waals surface area contributed by atoms with Gasteiger partial charge >= 0.3 is 0 Å². The van der Waals surface area contributed by atoms with Crippen molar-refractivity contribution < 1.29 is 9.47 Å². The van der Waals surface area contributed by atoms with Crippen LogP contribution in [0.15, 0.2) is 10.7 Å². The average molecular weight is 397 g/mol. The normalized spacial score (nSPS) is 43.5. The van der Waals surface area contributed by atoms with Gasteiger partial charge < -0.3 is 9.47 Å². The lowest BCUT2D eigenvalue weighted by atomic mass is 9.41. The van der Waals surface area contributed by atoms with E-state index in [0.29, 0.717) is 18.6 Å². The van der Waals surface area contributed by atoms with Gasteiger partial charge in [-0.25, -0.2) is 0 Å². The molecule has 0 spiro atoms. The van der Waals surface area contributed by atoms with Gasteiger partial charge in [0.2, 0.25) is 0 Å². The van der Waals surface area contributed by atoms with Crippen LogP contribution in [0.2, 0.25) is 0 Å². The van der Waals surface area contributed by atoms with E-state index in [9.17, 15) is 0 Å². The Hall–Kier alpha value is -0.390. The van der Waals surface area contributed by atoms with Crippen LogP contribution in [-0.2, 0) is 15.0 Å². The van der Waals surface area contributed by atoms with Gasteiger partial charge in [-0.3, -0.25) is 4.68 Å². The molecule has 4 fully saturated rings. The van der Waals surface area contributed by atoms with Crippen LogP contribution >= 0.6 is 15.9 Å². The highest BCUT2D eigenvalue weighted by atomic mass is 79.9. The highest BCUT2D eigenvalue weighted by Gasteiger charge is 2.67. The molecule has 5 unspecified atom stereocenters. The van der Waals surface area contributed by atoms with Crippen LogP contribution in [0, 0.1) is 23.7 Å². The Bertz CT molecular complexity index is 647. The number of aromatic nitrogens is 2. The Morgan fingerprint density at radius 1 is 1.25 bits per heavy atom. The monoisotopic (exact) mass is 396 g/mol. The van der Waals surface area contributed by atoms with Crippen molar-refractivity contribution in [3.8, 4) is 0 Å². The lowest BCUT2D eigenvalue weighted by Gasteiger charge is -2.68. The summed E-state index contributed by atoms with van der Waals surface area (Å²) in [6.45, 7) is 8.44. The molecule has 4 nitrogen and oxygen atoms in total. The maximum Gasteiger partial charge on any atom is 0.0904 e. The SMILES string of the molecule is COCCOC1C2(C)CC3CC(C)(C2)CC1(n1ncc(Br)c1C)C3. The second-order valence-corrected chi connectivity index (χ2v) is 9.99. The minimum atomic E-state index is -0.00718. The van der Waals surface area contributed by atoms with Crippen molar-refractivity contribution in [1.82, 2.24) is 9.78 Å². The van der Waals surface area contributed by atoms with E-state index >= 15 is 0 Å². The largest absolute Gasteiger partial charge is 0.382 e. The van der Waals surface area contributed by atoms with E-state index < -0.39 is 0 Å². The third-order valence-corrected chi connectivity index (χ3v) is 7.59. The van der Waals surface area contributed by atoms with Gasteiger partial charge in [0.05, 0.1) is 41.2 Å². The van der Waals surface area contributed by atoms with Crippen molar-refractivity contribution in [3.63, 3.8) is 0 Å². The fourth-order valence-electron chi connectivity index (χ4n) is 6.90. The molecule has 4 saturated carbocycles. The van der Waals surface area contributed by atoms with Gasteiger partial charge in [-0.2, -0.15) is 5.10 Å². The molecule has 5 atom stereocenters. The first kappa shape index (κ1) is 17.0. The summed E-state index contributed by atoms with van der Waals surface area (Å²) in [5.41, 5.74) is 1.88. The van der Waals surface area contributed by atoms with E-state index in [-0.39, 0.29) is 17.1 Å². The van der Waals surface area contributed by atoms with Crippen molar-refractivity contribution >= 4 is 15.9 Å². The standard InChI is InChI=1S/C19H29BrN2O2/c1-13-15(20)10-21-22(13)19-9-14-7-17(2,12-19)11-18(3,8-14)16(19)24-6-5-23-4/h10,14,16H,5-9,11-12H2,1-4H3. The number of hydrogen-bond donors (Lipinski definition) is 0. The summed E-state index contributed by atoms with van der Waals surface area (Å²) in [7, 11) is 1.74. The van der Waals surface area contributed by atoms with Crippen molar-refractivity contribution in [3.05, 3.63) is 16.4 Å². The summed E-state index contributed by atoms with van der Waals surface area (Å²) in [4.78, 5) is 0. The number of methoxy groups -OCH3 is 1. The van der Waals surface area contributed by atoms with Gasteiger partial charge in [-0.05, 0) is 71.7 Å². The number of halogens is 1. The molecule has 0 saturated heterocycles. The summed E-state index contributed by atoms with van der Waals surface area (Å²) in [5, 5.41) is 4.80. The van der Waals surface area contributed by atoms with Gasteiger partial charge in [0.25, 0.3) is 0 Å². The van der Waals surface area contributed by atoms with Gasteiger partial charge in [-0.1, -0.05) is 13.8 Å². The molecule has 1 aromatic rings. The van der Waals surface area contributed by atoms with Crippen LogP contribution in [0.4, 0.5) is 0 Å². The number of ether oxygens (including phenoxy) is 2. The predicted molar refractivity (Wildman–Crippen MR) is 97.0 cm³/mol. The second kappa shape index (κ2) is 5.55. The summed E-state index contributed by atoms with van der Waals surface area (Å²) in [6, 6.07) is 0. The van der Waals surface area contributed by atoms with Gasteiger partial charge in [0, 0.05) is 7.11 Å². The number of hydrogen-bond acceptors (Lipinski definition) is 3. The van der Waals surface area contributed by atoms with Gasteiger partial charge in [-0.15, -0.1) is 0 Å². The lowest BCUT2D eigenvalue weighted by molar-refractivity contribution is -0.240. The first-order valence-electron chi connectivity index (χ1n) is 9.13. The minimum absolute atomic E-state index is 0.00718. The lowest BCUT2D eigenvalue weighted by Crippen LogP contribution is -2.69. The zero-order valence-corrected chi connectivity index (χ0v) is 16.9. The topological polar surface area (TPSA) is 36.3 Å². The molecule has 1 heterocycles. The van der Waals surface area contributed by atoms with Crippen LogP contribution in [0.25, 0.3) is 0 Å². The van der Waals surface area contributed by atoms with E-state index in [2.05, 4.69) is 41.4 Å². The van der Waals surface area contributed by atoms with Crippen LogP contribution in [0.3, 0.4) is 0 Å². The van der Waals surface area contributed by atoms with Crippen LogP contribution in [0.1, 0.15) is 51.6 Å². The van der Waals surface area contributed by atoms with Crippen molar-refractivity contribution in [2.75, 3.05) is 20.3 Å². The maximum atomic E-state index is 6.53. The molecular formula is C19H29BrN2O2. The molecule has 4 aliphatic carbocycles. The Labute approximate surface area is 153 Å². The van der Waals surface area contributed by atoms with Gasteiger partial charge in [0.15, 0.2) is 0 Å². The highest BCUT2D eigenvalue weighted by Crippen LogP contribution is 2.69.